The van der Waals surface area contributed by atoms with E-state index in [-0.39, 0.29) is 12.0 Å². The summed E-state index contributed by atoms with van der Waals surface area (Å²) in [6.45, 7) is 6.19. The molecule has 0 aliphatic heterocycles. The average molecular weight is 291 g/mol. The maximum atomic E-state index is 12.7. The molecule has 0 radical (unpaired) electrons. The Labute approximate surface area is 126 Å². The van der Waals surface area contributed by atoms with Crippen LogP contribution in [0.15, 0.2) is 24.3 Å². The summed E-state index contributed by atoms with van der Waals surface area (Å²) in [5, 5.41) is 9.95. The summed E-state index contributed by atoms with van der Waals surface area (Å²) in [5.74, 6) is 0.566. The average Bonchev–Trinajstić information content (AvgIpc) is 2.39. The van der Waals surface area contributed by atoms with Crippen LogP contribution in [-0.2, 0) is 0 Å². The van der Waals surface area contributed by atoms with Crippen molar-refractivity contribution in [2.45, 2.75) is 51.7 Å². The molecule has 0 unspecified atom stereocenters. The molecule has 116 valence electrons. The zero-order chi connectivity index (χ0) is 15.5. The molecule has 0 heterocycles. The maximum Gasteiger partial charge on any atom is 0.257 e. The first-order valence-corrected chi connectivity index (χ1v) is 7.68. The number of para-hydroxylation sites is 1. The molecule has 4 nitrogen and oxygen atoms in total. The third-order valence-corrected chi connectivity index (χ3v) is 3.71. The highest BCUT2D eigenvalue weighted by Crippen LogP contribution is 2.28. The molecule has 1 aliphatic carbocycles. The van der Waals surface area contributed by atoms with Crippen molar-refractivity contribution in [2.24, 2.45) is 0 Å². The van der Waals surface area contributed by atoms with Gasteiger partial charge in [0.25, 0.3) is 5.91 Å². The smallest absolute Gasteiger partial charge is 0.257 e. The summed E-state index contributed by atoms with van der Waals surface area (Å²) in [5.41, 5.74) is -0.328. The summed E-state index contributed by atoms with van der Waals surface area (Å²) in [6.07, 6.45) is 3.55. The second kappa shape index (κ2) is 6.48. The van der Waals surface area contributed by atoms with Gasteiger partial charge >= 0.3 is 0 Å². The fourth-order valence-electron chi connectivity index (χ4n) is 2.38. The van der Waals surface area contributed by atoms with E-state index in [9.17, 15) is 9.90 Å². The van der Waals surface area contributed by atoms with Crippen LogP contribution in [0.25, 0.3) is 0 Å². The molecule has 1 N–H and O–H groups in total. The lowest BCUT2D eigenvalue weighted by molar-refractivity contribution is 0.0309. The maximum absolute atomic E-state index is 12.7. The van der Waals surface area contributed by atoms with Gasteiger partial charge in [-0.1, -0.05) is 12.1 Å². The lowest BCUT2D eigenvalue weighted by Crippen LogP contribution is -2.42. The summed E-state index contributed by atoms with van der Waals surface area (Å²) < 4.78 is 5.92. The topological polar surface area (TPSA) is 49.8 Å². The zero-order valence-electron chi connectivity index (χ0n) is 13.1. The Morgan fingerprint density at radius 2 is 2.05 bits per heavy atom. The number of carbonyl (C=O) groups excluding carboxylic acids is 1. The van der Waals surface area contributed by atoms with Crippen LogP contribution < -0.4 is 4.74 Å². The molecule has 1 aliphatic rings. The lowest BCUT2D eigenvalue weighted by Gasteiger charge is -2.30. The van der Waals surface area contributed by atoms with E-state index in [4.69, 9.17) is 4.74 Å². The van der Waals surface area contributed by atoms with Crippen molar-refractivity contribution >= 4 is 5.91 Å². The normalized spacial score (nSPS) is 15.4. The first-order valence-electron chi connectivity index (χ1n) is 7.68. The molecule has 21 heavy (non-hydrogen) atoms. The van der Waals surface area contributed by atoms with Gasteiger partial charge in [-0.3, -0.25) is 4.79 Å². The zero-order valence-corrected chi connectivity index (χ0v) is 13.1. The number of hydrogen-bond acceptors (Lipinski definition) is 3. The van der Waals surface area contributed by atoms with Crippen molar-refractivity contribution in [3.63, 3.8) is 0 Å². The molecule has 1 saturated carbocycles. The quantitative estimate of drug-likeness (QED) is 0.877. The van der Waals surface area contributed by atoms with Crippen LogP contribution in [0.5, 0.6) is 5.75 Å². The molecule has 4 heteroatoms. The van der Waals surface area contributed by atoms with Crippen molar-refractivity contribution < 1.29 is 14.6 Å². The van der Waals surface area contributed by atoms with Crippen LogP contribution in [-0.4, -0.2) is 40.7 Å². The van der Waals surface area contributed by atoms with E-state index in [1.807, 2.05) is 25.1 Å². The second-order valence-corrected chi connectivity index (χ2v) is 6.30. The van der Waals surface area contributed by atoms with Gasteiger partial charge in [-0.25, -0.2) is 0 Å². The van der Waals surface area contributed by atoms with Gasteiger partial charge in [-0.2, -0.15) is 0 Å². The van der Waals surface area contributed by atoms with Gasteiger partial charge < -0.3 is 14.7 Å². The molecular formula is C17H25NO3. The number of amides is 1. The number of nitrogens with zero attached hydrogens (tertiary/aromatic N) is 1. The second-order valence-electron chi connectivity index (χ2n) is 6.30. The Kier molecular flexibility index (Phi) is 4.88. The molecule has 2 rings (SSSR count). The molecule has 1 amide bonds. The van der Waals surface area contributed by atoms with E-state index < -0.39 is 5.60 Å². The van der Waals surface area contributed by atoms with Crippen molar-refractivity contribution in [1.29, 1.82) is 0 Å². The highest BCUT2D eigenvalue weighted by molar-refractivity contribution is 5.97. The Morgan fingerprint density at radius 1 is 1.38 bits per heavy atom. The van der Waals surface area contributed by atoms with Crippen LogP contribution in [0.2, 0.25) is 0 Å². The molecule has 0 spiro atoms. The Morgan fingerprint density at radius 3 is 2.57 bits per heavy atom. The van der Waals surface area contributed by atoms with E-state index in [1.165, 1.54) is 6.42 Å². The van der Waals surface area contributed by atoms with Crippen molar-refractivity contribution in [1.82, 2.24) is 4.90 Å². The predicted molar refractivity (Wildman–Crippen MR) is 82.6 cm³/mol. The monoisotopic (exact) mass is 291 g/mol. The summed E-state index contributed by atoms with van der Waals surface area (Å²) in [6, 6.07) is 7.38. The number of likely N-dealkylation sites (N-methyl/N-ethyl adjacent to an activating group) is 1. The predicted octanol–water partition coefficient (Wildman–Crippen LogP) is 2.85. The highest BCUT2D eigenvalue weighted by atomic mass is 16.5. The van der Waals surface area contributed by atoms with Crippen molar-refractivity contribution in [3.05, 3.63) is 29.8 Å². The van der Waals surface area contributed by atoms with Gasteiger partial charge in [0.1, 0.15) is 5.75 Å². The van der Waals surface area contributed by atoms with Crippen LogP contribution in [0.4, 0.5) is 0 Å². The lowest BCUT2D eigenvalue weighted by atomic mass is 9.96. The molecule has 1 aromatic carbocycles. The largest absolute Gasteiger partial charge is 0.490 e. The van der Waals surface area contributed by atoms with Gasteiger partial charge in [0, 0.05) is 13.1 Å². The van der Waals surface area contributed by atoms with Gasteiger partial charge in [-0.15, -0.1) is 0 Å². The van der Waals surface area contributed by atoms with Crippen LogP contribution in [0.3, 0.4) is 0 Å². The van der Waals surface area contributed by atoms with E-state index in [0.29, 0.717) is 24.4 Å². The Hall–Kier alpha value is -1.55. The Bertz CT molecular complexity index is 489. The van der Waals surface area contributed by atoms with Gasteiger partial charge in [0.2, 0.25) is 0 Å². The fraction of sp³-hybridized carbons (Fsp3) is 0.588. The number of hydrogen-bond donors (Lipinski definition) is 1. The minimum absolute atomic E-state index is 0.0884. The molecule has 0 saturated heterocycles. The van der Waals surface area contributed by atoms with Crippen LogP contribution in [0.1, 0.15) is 50.4 Å². The fourth-order valence-corrected chi connectivity index (χ4v) is 2.38. The molecule has 1 fully saturated rings. The standard InChI is InChI=1S/C17H25NO3/c1-4-18(12-17(2,3)20)16(19)14-10-5-6-11-15(14)21-13-8-7-9-13/h5-6,10-11,13,20H,4,7-9,12H2,1-3H3. The molecule has 1 aromatic rings. The van der Waals surface area contributed by atoms with Crippen LogP contribution >= 0.6 is 0 Å². The number of aliphatic hydroxyl groups is 1. The summed E-state index contributed by atoms with van der Waals surface area (Å²) in [4.78, 5) is 14.4. The molecule has 0 aromatic heterocycles. The number of benzene rings is 1. The highest BCUT2D eigenvalue weighted by Gasteiger charge is 2.26. The van der Waals surface area contributed by atoms with Gasteiger partial charge in [0.15, 0.2) is 0 Å². The van der Waals surface area contributed by atoms with Crippen molar-refractivity contribution in [3.8, 4) is 5.75 Å². The van der Waals surface area contributed by atoms with E-state index in [0.717, 1.165) is 12.8 Å². The number of carbonyl (C=O) groups is 1. The molecule has 0 bridgehead atoms. The first-order chi connectivity index (χ1) is 9.90. The SMILES string of the molecule is CCN(CC(C)(C)O)C(=O)c1ccccc1OC1CCC1. The number of rotatable bonds is 6. The van der Waals surface area contributed by atoms with Gasteiger partial charge in [-0.05, 0) is 52.2 Å². The third-order valence-electron chi connectivity index (χ3n) is 3.71. The van der Waals surface area contributed by atoms with E-state index in [2.05, 4.69) is 0 Å². The van der Waals surface area contributed by atoms with E-state index in [1.54, 1.807) is 24.8 Å². The Balaban J connectivity index is 2.16. The summed E-state index contributed by atoms with van der Waals surface area (Å²) in [7, 11) is 0. The first kappa shape index (κ1) is 15.8. The van der Waals surface area contributed by atoms with Crippen molar-refractivity contribution in [2.75, 3.05) is 13.1 Å². The summed E-state index contributed by atoms with van der Waals surface area (Å²) >= 11 is 0. The minimum Gasteiger partial charge on any atom is -0.490 e. The molecule has 0 atom stereocenters. The number of ether oxygens (including phenoxy) is 1. The third kappa shape index (κ3) is 4.21. The van der Waals surface area contributed by atoms with Crippen LogP contribution in [0, 0.1) is 0 Å². The van der Waals surface area contributed by atoms with Gasteiger partial charge in [0.05, 0.1) is 17.3 Å². The molecular weight excluding hydrogens is 266 g/mol. The minimum atomic E-state index is -0.907. The van der Waals surface area contributed by atoms with E-state index >= 15 is 0 Å².